The van der Waals surface area contributed by atoms with Crippen molar-refractivity contribution in [3.63, 3.8) is 0 Å². The first kappa shape index (κ1) is 13.9. The summed E-state index contributed by atoms with van der Waals surface area (Å²) in [6, 6.07) is 1.35. The van der Waals surface area contributed by atoms with Crippen LogP contribution < -0.4 is 5.32 Å². The lowest BCUT2D eigenvalue weighted by Crippen LogP contribution is -2.58. The van der Waals surface area contributed by atoms with Crippen molar-refractivity contribution >= 4 is 0 Å². The van der Waals surface area contributed by atoms with Crippen LogP contribution in [0.15, 0.2) is 0 Å². The number of nitrogens with one attached hydrogen (secondary N) is 1. The molecule has 0 radical (unpaired) electrons. The van der Waals surface area contributed by atoms with Crippen LogP contribution in [0.1, 0.15) is 33.1 Å². The van der Waals surface area contributed by atoms with Gasteiger partial charge in [0, 0.05) is 31.7 Å². The van der Waals surface area contributed by atoms with E-state index in [0.717, 1.165) is 6.54 Å². The lowest BCUT2D eigenvalue weighted by Gasteiger charge is -2.42. The van der Waals surface area contributed by atoms with Crippen LogP contribution in [0.4, 0.5) is 0 Å². The zero-order valence-corrected chi connectivity index (χ0v) is 11.5. The summed E-state index contributed by atoms with van der Waals surface area (Å²) in [6.07, 6.45) is 3.80. The summed E-state index contributed by atoms with van der Waals surface area (Å²) in [5.41, 5.74) is 0. The fourth-order valence-electron chi connectivity index (χ4n) is 2.55. The van der Waals surface area contributed by atoms with Crippen LogP contribution in [-0.2, 0) is 0 Å². The SMILES string of the molecule is CCCNC(CCC)C1CN(C)CCN1C. The summed E-state index contributed by atoms with van der Waals surface area (Å²) in [6.45, 7) is 9.30. The Balaban J connectivity index is 2.52. The molecule has 96 valence electrons. The van der Waals surface area contributed by atoms with Gasteiger partial charge in [-0.25, -0.2) is 0 Å². The first-order valence-corrected chi connectivity index (χ1v) is 6.81. The molecule has 1 aliphatic rings. The number of piperazine rings is 1. The Kier molecular flexibility index (Phi) is 6.32. The molecule has 3 nitrogen and oxygen atoms in total. The van der Waals surface area contributed by atoms with E-state index in [1.54, 1.807) is 0 Å². The molecule has 0 aromatic heterocycles. The predicted molar refractivity (Wildman–Crippen MR) is 70.9 cm³/mol. The van der Waals surface area contributed by atoms with Gasteiger partial charge >= 0.3 is 0 Å². The van der Waals surface area contributed by atoms with Gasteiger partial charge in [-0.2, -0.15) is 0 Å². The van der Waals surface area contributed by atoms with E-state index in [2.05, 4.69) is 43.1 Å². The van der Waals surface area contributed by atoms with Gasteiger partial charge in [-0.1, -0.05) is 20.3 Å². The van der Waals surface area contributed by atoms with Gasteiger partial charge in [0.25, 0.3) is 0 Å². The van der Waals surface area contributed by atoms with Gasteiger partial charge in [-0.15, -0.1) is 0 Å². The van der Waals surface area contributed by atoms with Crippen molar-refractivity contribution in [3.8, 4) is 0 Å². The molecule has 0 aromatic carbocycles. The maximum Gasteiger partial charge on any atom is 0.0373 e. The van der Waals surface area contributed by atoms with Gasteiger partial charge < -0.3 is 10.2 Å². The zero-order valence-electron chi connectivity index (χ0n) is 11.5. The highest BCUT2D eigenvalue weighted by molar-refractivity contribution is 4.88. The van der Waals surface area contributed by atoms with Crippen molar-refractivity contribution < 1.29 is 0 Å². The predicted octanol–water partition coefficient (Wildman–Crippen LogP) is 1.40. The molecule has 1 aliphatic heterocycles. The molecule has 1 heterocycles. The van der Waals surface area contributed by atoms with E-state index in [0.29, 0.717) is 12.1 Å². The summed E-state index contributed by atoms with van der Waals surface area (Å²) in [7, 11) is 4.51. The van der Waals surface area contributed by atoms with Crippen molar-refractivity contribution in [2.45, 2.75) is 45.2 Å². The number of rotatable bonds is 6. The molecule has 0 amide bonds. The van der Waals surface area contributed by atoms with Crippen molar-refractivity contribution in [1.29, 1.82) is 0 Å². The maximum atomic E-state index is 3.72. The summed E-state index contributed by atoms with van der Waals surface area (Å²) in [5.74, 6) is 0. The molecule has 0 saturated carbocycles. The van der Waals surface area contributed by atoms with Crippen LogP contribution in [-0.4, -0.2) is 62.2 Å². The van der Waals surface area contributed by atoms with Gasteiger partial charge in [0.15, 0.2) is 0 Å². The lowest BCUT2D eigenvalue weighted by atomic mass is 9.99. The quantitative estimate of drug-likeness (QED) is 0.740. The highest BCUT2D eigenvalue weighted by atomic mass is 15.3. The molecule has 2 unspecified atom stereocenters. The number of hydrogen-bond donors (Lipinski definition) is 1. The van der Waals surface area contributed by atoms with Crippen molar-refractivity contribution in [3.05, 3.63) is 0 Å². The second-order valence-corrected chi connectivity index (χ2v) is 5.16. The molecule has 1 rings (SSSR count). The van der Waals surface area contributed by atoms with E-state index in [4.69, 9.17) is 0 Å². The minimum atomic E-state index is 0.665. The third-order valence-electron chi connectivity index (χ3n) is 3.62. The smallest absolute Gasteiger partial charge is 0.0373 e. The Morgan fingerprint density at radius 3 is 2.56 bits per heavy atom. The fourth-order valence-corrected chi connectivity index (χ4v) is 2.55. The number of hydrogen-bond acceptors (Lipinski definition) is 3. The summed E-state index contributed by atoms with van der Waals surface area (Å²) in [4.78, 5) is 4.99. The first-order chi connectivity index (χ1) is 7.69. The van der Waals surface area contributed by atoms with Crippen LogP contribution >= 0.6 is 0 Å². The van der Waals surface area contributed by atoms with E-state index in [1.807, 2.05) is 0 Å². The summed E-state index contributed by atoms with van der Waals surface area (Å²) in [5, 5.41) is 3.72. The lowest BCUT2D eigenvalue weighted by molar-refractivity contribution is 0.0850. The molecule has 1 N–H and O–H groups in total. The Morgan fingerprint density at radius 2 is 1.94 bits per heavy atom. The average molecular weight is 227 g/mol. The highest BCUT2D eigenvalue weighted by Gasteiger charge is 2.28. The van der Waals surface area contributed by atoms with Crippen LogP contribution in [0.25, 0.3) is 0 Å². The highest BCUT2D eigenvalue weighted by Crippen LogP contribution is 2.13. The topological polar surface area (TPSA) is 18.5 Å². The fraction of sp³-hybridized carbons (Fsp3) is 1.00. The molecular formula is C13H29N3. The number of likely N-dealkylation sites (N-methyl/N-ethyl adjacent to an activating group) is 2. The molecule has 0 aromatic rings. The number of nitrogens with zero attached hydrogens (tertiary/aromatic N) is 2. The monoisotopic (exact) mass is 227 g/mol. The van der Waals surface area contributed by atoms with Crippen molar-refractivity contribution in [1.82, 2.24) is 15.1 Å². The van der Waals surface area contributed by atoms with E-state index in [1.165, 1.54) is 38.9 Å². The molecule has 3 heteroatoms. The first-order valence-electron chi connectivity index (χ1n) is 6.81. The summed E-state index contributed by atoms with van der Waals surface area (Å²) >= 11 is 0. The van der Waals surface area contributed by atoms with E-state index < -0.39 is 0 Å². The Labute approximate surface area is 101 Å². The largest absolute Gasteiger partial charge is 0.312 e. The third kappa shape index (κ3) is 4.04. The zero-order chi connectivity index (χ0) is 12.0. The Hall–Kier alpha value is -0.120. The molecule has 16 heavy (non-hydrogen) atoms. The molecule has 1 fully saturated rings. The minimum absolute atomic E-state index is 0.665. The van der Waals surface area contributed by atoms with Crippen LogP contribution in [0, 0.1) is 0 Å². The standard InChI is InChI=1S/C13H29N3/c1-5-7-12(14-8-6-2)13-11-15(3)9-10-16(13)4/h12-14H,5-11H2,1-4H3. The molecule has 1 saturated heterocycles. The van der Waals surface area contributed by atoms with Crippen molar-refractivity contribution in [2.24, 2.45) is 0 Å². The Morgan fingerprint density at radius 1 is 1.19 bits per heavy atom. The van der Waals surface area contributed by atoms with E-state index >= 15 is 0 Å². The van der Waals surface area contributed by atoms with Crippen LogP contribution in [0.2, 0.25) is 0 Å². The van der Waals surface area contributed by atoms with Gasteiger partial charge in [-0.3, -0.25) is 4.90 Å². The van der Waals surface area contributed by atoms with Gasteiger partial charge in [0.05, 0.1) is 0 Å². The van der Waals surface area contributed by atoms with Gasteiger partial charge in [0.2, 0.25) is 0 Å². The minimum Gasteiger partial charge on any atom is -0.312 e. The second kappa shape index (κ2) is 7.25. The molecule has 0 spiro atoms. The van der Waals surface area contributed by atoms with Crippen LogP contribution in [0.5, 0.6) is 0 Å². The van der Waals surface area contributed by atoms with E-state index in [-0.39, 0.29) is 0 Å². The molecule has 2 atom stereocenters. The van der Waals surface area contributed by atoms with Gasteiger partial charge in [-0.05, 0) is 33.5 Å². The van der Waals surface area contributed by atoms with Crippen molar-refractivity contribution in [2.75, 3.05) is 40.3 Å². The molecule has 0 aliphatic carbocycles. The average Bonchev–Trinajstić information content (AvgIpc) is 2.28. The Bertz CT molecular complexity index is 184. The van der Waals surface area contributed by atoms with Crippen LogP contribution in [0.3, 0.4) is 0 Å². The normalized spacial score (nSPS) is 25.9. The van der Waals surface area contributed by atoms with E-state index in [9.17, 15) is 0 Å². The molecular weight excluding hydrogens is 198 g/mol. The summed E-state index contributed by atoms with van der Waals surface area (Å²) < 4.78 is 0. The second-order valence-electron chi connectivity index (χ2n) is 5.16. The maximum absolute atomic E-state index is 3.72. The van der Waals surface area contributed by atoms with Gasteiger partial charge in [0.1, 0.15) is 0 Å². The third-order valence-corrected chi connectivity index (χ3v) is 3.62. The molecule has 0 bridgehead atoms.